The van der Waals surface area contributed by atoms with Gasteiger partial charge in [-0.15, -0.1) is 0 Å². The third-order valence-electron chi connectivity index (χ3n) is 7.62. The molecule has 0 bridgehead atoms. The lowest BCUT2D eigenvalue weighted by Crippen LogP contribution is -2.34. The van der Waals surface area contributed by atoms with Gasteiger partial charge in [-0.2, -0.15) is 9.40 Å². The Hall–Kier alpha value is -4.01. The first kappa shape index (κ1) is 25.3. The Morgan fingerprint density at radius 2 is 1.79 bits per heavy atom. The average Bonchev–Trinajstić information content (AvgIpc) is 3.67. The second kappa shape index (κ2) is 9.63. The molecule has 0 spiro atoms. The fraction of sp³-hybridized carbons (Fsp3) is 0.194. The minimum absolute atomic E-state index is 0.294. The first-order valence-electron chi connectivity index (χ1n) is 12.9. The molecule has 1 aliphatic rings. The van der Waals surface area contributed by atoms with Gasteiger partial charge < -0.3 is 4.57 Å². The van der Waals surface area contributed by atoms with E-state index in [1.807, 2.05) is 43.6 Å². The number of hydrogen-bond donors (Lipinski definition) is 0. The molecule has 0 radical (unpaired) electrons. The third kappa shape index (κ3) is 4.60. The minimum atomic E-state index is -3.64. The zero-order valence-corrected chi connectivity index (χ0v) is 22.6. The molecule has 0 amide bonds. The maximum Gasteiger partial charge on any atom is 0.244 e. The zero-order valence-electron chi connectivity index (χ0n) is 21.8. The first-order valence-corrected chi connectivity index (χ1v) is 14.3. The molecule has 0 N–H and O–H groups in total. The molecule has 0 aliphatic carbocycles. The zero-order chi connectivity index (χ0) is 27.2. The number of rotatable bonds is 6. The summed E-state index contributed by atoms with van der Waals surface area (Å²) in [6, 6.07) is 22.2. The van der Waals surface area contributed by atoms with E-state index in [2.05, 4.69) is 36.3 Å². The van der Waals surface area contributed by atoms with Crippen LogP contribution >= 0.6 is 0 Å². The monoisotopic (exact) mass is 540 g/mol. The van der Waals surface area contributed by atoms with Crippen LogP contribution in [0.25, 0.3) is 22.7 Å². The van der Waals surface area contributed by atoms with Crippen molar-refractivity contribution < 1.29 is 12.8 Å². The molecule has 2 aromatic heterocycles. The number of benzene rings is 3. The van der Waals surface area contributed by atoms with Gasteiger partial charge in [-0.1, -0.05) is 42.5 Å². The van der Waals surface area contributed by atoms with Gasteiger partial charge >= 0.3 is 0 Å². The molecule has 6 rings (SSSR count). The Balaban J connectivity index is 1.44. The lowest BCUT2D eigenvalue weighted by Gasteiger charge is -2.29. The Kier molecular flexibility index (Phi) is 6.24. The van der Waals surface area contributed by atoms with Gasteiger partial charge in [0.2, 0.25) is 10.0 Å². The third-order valence-corrected chi connectivity index (χ3v) is 9.45. The summed E-state index contributed by atoms with van der Waals surface area (Å²) in [7, 11) is -1.82. The largest absolute Gasteiger partial charge is 0.356 e. The molecule has 1 saturated heterocycles. The van der Waals surface area contributed by atoms with E-state index in [1.165, 1.54) is 12.1 Å². The highest BCUT2D eigenvalue weighted by Crippen LogP contribution is 2.42. The molecule has 3 heterocycles. The van der Waals surface area contributed by atoms with Gasteiger partial charge in [-0.05, 0) is 72.5 Å². The quantitative estimate of drug-likeness (QED) is 0.271. The predicted molar refractivity (Wildman–Crippen MR) is 152 cm³/mol. The topological polar surface area (TPSA) is 60.1 Å². The van der Waals surface area contributed by atoms with E-state index in [9.17, 15) is 12.8 Å². The number of nitrogens with zero attached hydrogens (tertiary/aromatic N) is 4. The Bertz CT molecular complexity index is 1790. The average molecular weight is 541 g/mol. The molecule has 3 aromatic carbocycles. The molecule has 1 unspecified atom stereocenters. The van der Waals surface area contributed by atoms with Crippen molar-refractivity contribution >= 4 is 27.0 Å². The number of fused-ring (bicyclic) bond motifs is 1. The van der Waals surface area contributed by atoms with Crippen molar-refractivity contribution in [1.29, 1.82) is 0 Å². The lowest BCUT2D eigenvalue weighted by atomic mass is 9.76. The van der Waals surface area contributed by atoms with Crippen molar-refractivity contribution in [2.75, 3.05) is 13.1 Å². The second-order valence-corrected chi connectivity index (χ2v) is 12.2. The van der Waals surface area contributed by atoms with Gasteiger partial charge in [0.05, 0.1) is 22.3 Å². The van der Waals surface area contributed by atoms with Gasteiger partial charge in [-0.3, -0.25) is 0 Å². The van der Waals surface area contributed by atoms with Crippen LogP contribution in [0, 0.1) is 12.7 Å². The molecule has 198 valence electrons. The lowest BCUT2D eigenvalue weighted by molar-refractivity contribution is 0.457. The van der Waals surface area contributed by atoms with Crippen molar-refractivity contribution in [3.63, 3.8) is 0 Å². The molecule has 5 aromatic rings. The Morgan fingerprint density at radius 1 is 1.03 bits per heavy atom. The summed E-state index contributed by atoms with van der Waals surface area (Å²) in [6.07, 6.45) is 10.1. The van der Waals surface area contributed by atoms with Crippen LogP contribution in [0.4, 0.5) is 4.39 Å². The number of halogens is 1. The molecule has 8 heteroatoms. The maximum absolute atomic E-state index is 13.6. The van der Waals surface area contributed by atoms with Gasteiger partial charge in [0.25, 0.3) is 0 Å². The molecule has 39 heavy (non-hydrogen) atoms. The van der Waals surface area contributed by atoms with E-state index in [1.54, 1.807) is 44.1 Å². The summed E-state index contributed by atoms with van der Waals surface area (Å²) in [6.45, 7) is 2.82. The van der Waals surface area contributed by atoms with E-state index >= 15 is 0 Å². The SMILES string of the molecule is Cc1cc2c(cnn2-c2ccc(F)cc2)cc1C1(/C=C/c2ccccc2)CCN(S(=O)(=O)c2ccn(C)c2)C1. The molecule has 0 saturated carbocycles. The fourth-order valence-electron chi connectivity index (χ4n) is 5.55. The van der Waals surface area contributed by atoms with Crippen LogP contribution in [0.3, 0.4) is 0 Å². The van der Waals surface area contributed by atoms with E-state index in [4.69, 9.17) is 0 Å². The summed E-state index contributed by atoms with van der Waals surface area (Å²) in [4.78, 5) is 0.306. The van der Waals surface area contributed by atoms with Crippen molar-refractivity contribution in [2.45, 2.75) is 23.7 Å². The minimum Gasteiger partial charge on any atom is -0.356 e. The summed E-state index contributed by atoms with van der Waals surface area (Å²) >= 11 is 0. The van der Waals surface area contributed by atoms with Gasteiger partial charge in [0, 0.05) is 43.3 Å². The highest BCUT2D eigenvalue weighted by Gasteiger charge is 2.43. The van der Waals surface area contributed by atoms with Crippen molar-refractivity contribution in [3.8, 4) is 5.69 Å². The molecule has 1 fully saturated rings. The van der Waals surface area contributed by atoms with E-state index in [0.717, 1.165) is 33.3 Å². The van der Waals surface area contributed by atoms with Crippen molar-refractivity contribution in [2.24, 2.45) is 7.05 Å². The molecular weight excluding hydrogens is 511 g/mol. The number of hydrogen-bond acceptors (Lipinski definition) is 3. The highest BCUT2D eigenvalue weighted by molar-refractivity contribution is 7.89. The van der Waals surface area contributed by atoms with Crippen molar-refractivity contribution in [3.05, 3.63) is 120 Å². The number of aromatic nitrogens is 3. The van der Waals surface area contributed by atoms with Gasteiger partial charge in [-0.25, -0.2) is 17.5 Å². The normalized spacial score (nSPS) is 18.4. The van der Waals surface area contributed by atoms with E-state index in [0.29, 0.717) is 24.4 Å². The van der Waals surface area contributed by atoms with E-state index < -0.39 is 15.4 Å². The van der Waals surface area contributed by atoms with Crippen LogP contribution in [0.2, 0.25) is 0 Å². The molecular formula is C31H29FN4O2S. The Morgan fingerprint density at radius 3 is 2.51 bits per heavy atom. The van der Waals surface area contributed by atoms with Crippen LogP contribution in [0.5, 0.6) is 0 Å². The summed E-state index contributed by atoms with van der Waals surface area (Å²) in [5.41, 5.74) is 4.35. The smallest absolute Gasteiger partial charge is 0.244 e. The van der Waals surface area contributed by atoms with Crippen LogP contribution in [0.15, 0.2) is 102 Å². The maximum atomic E-state index is 13.6. The van der Waals surface area contributed by atoms with Gasteiger partial charge in [0.15, 0.2) is 0 Å². The molecule has 6 nitrogen and oxygen atoms in total. The Labute approximate surface area is 227 Å². The molecule has 1 aliphatic heterocycles. The molecule has 1 atom stereocenters. The predicted octanol–water partition coefficient (Wildman–Crippen LogP) is 5.86. The highest BCUT2D eigenvalue weighted by atomic mass is 32.2. The van der Waals surface area contributed by atoms with Crippen molar-refractivity contribution in [1.82, 2.24) is 18.7 Å². The van der Waals surface area contributed by atoms with E-state index in [-0.39, 0.29) is 5.82 Å². The standard InChI is InChI=1S/C31H29FN4O2S/c1-23-18-30-25(20-33-36(30)27-10-8-26(32)9-11-27)19-29(23)31(14-12-24-6-4-3-5-7-24)15-17-35(22-31)39(37,38)28-13-16-34(2)21-28/h3-14,16,18-21H,15,17,22H2,1-2H3/b14-12+. The van der Waals surface area contributed by atoms with Crippen LogP contribution in [-0.4, -0.2) is 40.2 Å². The van der Waals surface area contributed by atoms with Crippen LogP contribution < -0.4 is 0 Å². The first-order chi connectivity index (χ1) is 18.7. The summed E-state index contributed by atoms with van der Waals surface area (Å²) in [5.74, 6) is -0.294. The van der Waals surface area contributed by atoms with Crippen LogP contribution in [0.1, 0.15) is 23.1 Å². The number of sulfonamides is 1. The second-order valence-electron chi connectivity index (χ2n) is 10.3. The fourth-order valence-corrected chi connectivity index (χ4v) is 7.11. The summed E-state index contributed by atoms with van der Waals surface area (Å²) < 4.78 is 45.8. The van der Waals surface area contributed by atoms with Gasteiger partial charge in [0.1, 0.15) is 5.82 Å². The summed E-state index contributed by atoms with van der Waals surface area (Å²) in [5, 5.41) is 5.53. The number of aryl methyl sites for hydroxylation is 2. The van der Waals surface area contributed by atoms with Crippen LogP contribution in [-0.2, 0) is 22.5 Å².